The summed E-state index contributed by atoms with van der Waals surface area (Å²) in [7, 11) is 0. The van der Waals surface area contributed by atoms with E-state index >= 15 is 0 Å². The summed E-state index contributed by atoms with van der Waals surface area (Å²) in [6.07, 6.45) is 10.2. The average molecular weight is 208 g/mol. The molecule has 1 aliphatic heterocycles. The first-order valence-electron chi connectivity index (χ1n) is 6.75. The van der Waals surface area contributed by atoms with Crippen LogP contribution in [0.2, 0.25) is 0 Å². The van der Waals surface area contributed by atoms with Gasteiger partial charge in [0.05, 0.1) is 0 Å². The molecule has 2 aliphatic carbocycles. The lowest BCUT2D eigenvalue weighted by atomic mass is 9.68. The molecule has 0 aromatic rings. The van der Waals surface area contributed by atoms with Crippen molar-refractivity contribution in [1.82, 2.24) is 4.90 Å². The Hall–Kier alpha value is -0.0800. The third-order valence-electron chi connectivity index (χ3n) is 4.73. The smallest absolute Gasteiger partial charge is 0.0196 e. The maximum atomic E-state index is 6.17. The van der Waals surface area contributed by atoms with Crippen LogP contribution >= 0.6 is 0 Å². The van der Waals surface area contributed by atoms with Gasteiger partial charge in [-0.15, -0.1) is 0 Å². The Morgan fingerprint density at radius 2 is 1.80 bits per heavy atom. The van der Waals surface area contributed by atoms with E-state index in [9.17, 15) is 0 Å². The highest BCUT2D eigenvalue weighted by molar-refractivity contribution is 4.98. The predicted octanol–water partition coefficient (Wildman–Crippen LogP) is 1.99. The molecule has 3 fully saturated rings. The average Bonchev–Trinajstić information content (AvgIpc) is 3.00. The van der Waals surface area contributed by atoms with Gasteiger partial charge >= 0.3 is 0 Å². The molecule has 2 nitrogen and oxygen atoms in total. The monoisotopic (exact) mass is 208 g/mol. The van der Waals surface area contributed by atoms with Crippen LogP contribution in [0.4, 0.5) is 0 Å². The lowest BCUT2D eigenvalue weighted by molar-refractivity contribution is -0.0316. The fourth-order valence-electron chi connectivity index (χ4n) is 3.62. The van der Waals surface area contributed by atoms with Crippen molar-refractivity contribution in [3.63, 3.8) is 0 Å². The largest absolute Gasteiger partial charge is 0.326 e. The van der Waals surface area contributed by atoms with Gasteiger partial charge in [0.25, 0.3) is 0 Å². The van der Waals surface area contributed by atoms with E-state index in [2.05, 4.69) is 4.90 Å². The molecule has 0 aromatic carbocycles. The summed E-state index contributed by atoms with van der Waals surface area (Å²) in [6.45, 7) is 3.88. The van der Waals surface area contributed by atoms with Gasteiger partial charge in [0.15, 0.2) is 0 Å². The summed E-state index contributed by atoms with van der Waals surface area (Å²) < 4.78 is 0. The highest BCUT2D eigenvalue weighted by Crippen LogP contribution is 2.44. The van der Waals surface area contributed by atoms with Crippen molar-refractivity contribution in [2.45, 2.75) is 51.0 Å². The second-order valence-corrected chi connectivity index (χ2v) is 6.23. The van der Waals surface area contributed by atoms with E-state index in [-0.39, 0.29) is 0 Å². The minimum atomic E-state index is 0.478. The molecule has 1 unspecified atom stereocenters. The number of nitrogens with zero attached hydrogens (tertiary/aromatic N) is 1. The molecule has 1 heterocycles. The Morgan fingerprint density at radius 1 is 1.13 bits per heavy atom. The molecule has 15 heavy (non-hydrogen) atoms. The van der Waals surface area contributed by atoms with Crippen molar-refractivity contribution < 1.29 is 0 Å². The van der Waals surface area contributed by atoms with Gasteiger partial charge in [-0.3, -0.25) is 0 Å². The van der Waals surface area contributed by atoms with Gasteiger partial charge in [-0.05, 0) is 37.0 Å². The first kappa shape index (κ1) is 10.1. The van der Waals surface area contributed by atoms with Crippen LogP contribution in [0.15, 0.2) is 0 Å². The van der Waals surface area contributed by atoms with Crippen LogP contribution in [-0.4, -0.2) is 30.6 Å². The van der Waals surface area contributed by atoms with E-state index in [0.717, 1.165) is 11.3 Å². The zero-order valence-electron chi connectivity index (χ0n) is 9.75. The summed E-state index contributed by atoms with van der Waals surface area (Å²) in [5, 5.41) is 0. The minimum absolute atomic E-state index is 0.478. The number of likely N-dealkylation sites (tertiary alicyclic amines) is 1. The molecule has 2 saturated carbocycles. The molecule has 3 rings (SSSR count). The van der Waals surface area contributed by atoms with Gasteiger partial charge in [-0.25, -0.2) is 0 Å². The molecule has 86 valence electrons. The third-order valence-corrected chi connectivity index (χ3v) is 4.73. The van der Waals surface area contributed by atoms with Gasteiger partial charge in [-0.2, -0.15) is 0 Å². The van der Waals surface area contributed by atoms with Gasteiger partial charge in [0.1, 0.15) is 0 Å². The summed E-state index contributed by atoms with van der Waals surface area (Å²) in [4.78, 5) is 2.61. The van der Waals surface area contributed by atoms with Crippen LogP contribution in [0.25, 0.3) is 0 Å². The van der Waals surface area contributed by atoms with E-state index in [1.165, 1.54) is 64.6 Å². The summed E-state index contributed by atoms with van der Waals surface area (Å²) in [5.41, 5.74) is 6.90. The SMILES string of the molecule is NC(CN1CC2(CCCCC2)C1)C1CC1. The van der Waals surface area contributed by atoms with E-state index in [4.69, 9.17) is 5.73 Å². The predicted molar refractivity (Wildman–Crippen MR) is 62.7 cm³/mol. The van der Waals surface area contributed by atoms with Crippen LogP contribution in [0, 0.1) is 11.3 Å². The molecule has 1 atom stereocenters. The van der Waals surface area contributed by atoms with Crippen LogP contribution in [0.5, 0.6) is 0 Å². The minimum Gasteiger partial charge on any atom is -0.326 e. The van der Waals surface area contributed by atoms with Crippen molar-refractivity contribution in [3.05, 3.63) is 0 Å². The lowest BCUT2D eigenvalue weighted by Crippen LogP contribution is -2.59. The molecule has 0 aromatic heterocycles. The zero-order valence-corrected chi connectivity index (χ0v) is 9.75. The summed E-state index contributed by atoms with van der Waals surface area (Å²) in [6, 6.07) is 0.478. The third kappa shape index (κ3) is 2.07. The maximum absolute atomic E-state index is 6.17. The first-order valence-corrected chi connectivity index (χ1v) is 6.75. The fourth-order valence-corrected chi connectivity index (χ4v) is 3.62. The van der Waals surface area contributed by atoms with Gasteiger partial charge in [-0.1, -0.05) is 19.3 Å². The second kappa shape index (κ2) is 3.74. The fraction of sp³-hybridized carbons (Fsp3) is 1.00. The van der Waals surface area contributed by atoms with Gasteiger partial charge in [0.2, 0.25) is 0 Å². The lowest BCUT2D eigenvalue weighted by Gasteiger charge is -2.53. The van der Waals surface area contributed by atoms with Crippen LogP contribution in [-0.2, 0) is 0 Å². The maximum Gasteiger partial charge on any atom is 0.0196 e. The normalized spacial score (nSPS) is 32.6. The van der Waals surface area contributed by atoms with Crippen LogP contribution in [0.3, 0.4) is 0 Å². The first-order chi connectivity index (χ1) is 7.27. The van der Waals surface area contributed by atoms with Crippen molar-refractivity contribution in [2.24, 2.45) is 17.1 Å². The van der Waals surface area contributed by atoms with E-state index in [1.807, 2.05) is 0 Å². The number of hydrogen-bond donors (Lipinski definition) is 1. The van der Waals surface area contributed by atoms with Crippen LogP contribution in [0.1, 0.15) is 44.9 Å². The van der Waals surface area contributed by atoms with Crippen molar-refractivity contribution in [2.75, 3.05) is 19.6 Å². The Balaban J connectivity index is 1.44. The van der Waals surface area contributed by atoms with Crippen molar-refractivity contribution in [3.8, 4) is 0 Å². The summed E-state index contributed by atoms with van der Waals surface area (Å²) in [5.74, 6) is 0.868. The van der Waals surface area contributed by atoms with Crippen molar-refractivity contribution in [1.29, 1.82) is 0 Å². The molecule has 3 aliphatic rings. The molecule has 1 spiro atoms. The number of hydrogen-bond acceptors (Lipinski definition) is 2. The van der Waals surface area contributed by atoms with E-state index in [1.54, 1.807) is 0 Å². The van der Waals surface area contributed by atoms with E-state index < -0.39 is 0 Å². The Morgan fingerprint density at radius 3 is 2.40 bits per heavy atom. The van der Waals surface area contributed by atoms with Crippen molar-refractivity contribution >= 4 is 0 Å². The Labute approximate surface area is 93.2 Å². The highest BCUT2D eigenvalue weighted by atomic mass is 15.2. The van der Waals surface area contributed by atoms with Crippen LogP contribution < -0.4 is 5.73 Å². The standard InChI is InChI=1S/C13H24N2/c14-12(11-4-5-11)8-15-9-13(10-15)6-2-1-3-7-13/h11-12H,1-10,14H2. The molecular weight excluding hydrogens is 184 g/mol. The molecule has 1 saturated heterocycles. The number of nitrogens with two attached hydrogens (primary N) is 1. The molecule has 0 radical (unpaired) electrons. The Bertz CT molecular complexity index is 221. The molecule has 0 bridgehead atoms. The molecule has 2 N–H and O–H groups in total. The van der Waals surface area contributed by atoms with E-state index in [0.29, 0.717) is 6.04 Å². The highest BCUT2D eigenvalue weighted by Gasteiger charge is 2.44. The quantitative estimate of drug-likeness (QED) is 0.768. The zero-order chi connectivity index (χ0) is 10.3. The van der Waals surface area contributed by atoms with Gasteiger partial charge < -0.3 is 10.6 Å². The van der Waals surface area contributed by atoms with Gasteiger partial charge in [0, 0.05) is 25.7 Å². The molecular formula is C13H24N2. The second-order valence-electron chi connectivity index (χ2n) is 6.23. The topological polar surface area (TPSA) is 29.3 Å². The Kier molecular flexibility index (Phi) is 2.52. The molecule has 2 heteroatoms. The summed E-state index contributed by atoms with van der Waals surface area (Å²) >= 11 is 0. The molecule has 0 amide bonds. The number of rotatable bonds is 3.